The van der Waals surface area contributed by atoms with E-state index < -0.39 is 17.4 Å². The Morgan fingerprint density at radius 2 is 1.87 bits per heavy atom. The van der Waals surface area contributed by atoms with Crippen molar-refractivity contribution in [3.8, 4) is 0 Å². The molecule has 0 spiro atoms. The van der Waals surface area contributed by atoms with Crippen molar-refractivity contribution in [2.45, 2.75) is 71.9 Å². The molecule has 0 aromatic heterocycles. The average molecular weight is 426 g/mol. The standard InChI is InChI=1S/C21H39N5O4/c1-14(2)11-22-18(24-13-17(27)25(9)10)23-12-16-15(3)29-21(7,8)26(16)19(28)30-20(4,5)6/h15-16H,1,11-13H2,2-10H3,(H2,22,23,24). The second-order valence-electron chi connectivity index (χ2n) is 9.33. The highest BCUT2D eigenvalue weighted by Crippen LogP contribution is 2.33. The third kappa shape index (κ3) is 7.85. The first kappa shape index (κ1) is 25.7. The van der Waals surface area contributed by atoms with E-state index in [4.69, 9.17) is 9.47 Å². The summed E-state index contributed by atoms with van der Waals surface area (Å²) in [7, 11) is 3.37. The maximum Gasteiger partial charge on any atom is 0.412 e. The Labute approximate surface area is 180 Å². The fraction of sp³-hybridized carbons (Fsp3) is 0.762. The molecule has 0 bridgehead atoms. The zero-order chi connectivity index (χ0) is 23.3. The topological polar surface area (TPSA) is 95.5 Å². The van der Waals surface area contributed by atoms with E-state index in [1.54, 1.807) is 19.0 Å². The molecule has 1 saturated heterocycles. The highest BCUT2D eigenvalue weighted by molar-refractivity contribution is 5.85. The molecule has 0 aromatic carbocycles. The van der Waals surface area contributed by atoms with Gasteiger partial charge in [-0.2, -0.15) is 0 Å². The number of aliphatic imine (C=N–C) groups is 1. The Balaban J connectivity index is 2.96. The van der Waals surface area contributed by atoms with Crippen LogP contribution in [0, 0.1) is 0 Å². The number of carbonyl (C=O) groups excluding carboxylic acids is 2. The molecule has 1 aliphatic rings. The normalized spacial score (nSPS) is 21.2. The van der Waals surface area contributed by atoms with Gasteiger partial charge in [0, 0.05) is 27.2 Å². The van der Waals surface area contributed by atoms with Crippen molar-refractivity contribution < 1.29 is 19.1 Å². The second-order valence-corrected chi connectivity index (χ2v) is 9.33. The SMILES string of the molecule is C=C(C)CNC(=NCC(=O)N(C)C)NCC1C(C)OC(C)(C)N1C(=O)OC(C)(C)C. The number of likely N-dealkylation sites (N-methyl/N-ethyl adjacent to an activating group) is 1. The van der Waals surface area contributed by atoms with Crippen LogP contribution in [0.3, 0.4) is 0 Å². The van der Waals surface area contributed by atoms with Crippen LogP contribution in [0.5, 0.6) is 0 Å². The Bertz CT molecular complexity index is 667. The lowest BCUT2D eigenvalue weighted by Gasteiger charge is -2.35. The van der Waals surface area contributed by atoms with Crippen LogP contribution in [0.25, 0.3) is 0 Å². The number of hydrogen-bond donors (Lipinski definition) is 2. The summed E-state index contributed by atoms with van der Waals surface area (Å²) in [6.07, 6.45) is -0.648. The molecule has 0 aliphatic carbocycles. The number of rotatable bonds is 6. The van der Waals surface area contributed by atoms with Gasteiger partial charge in [-0.15, -0.1) is 0 Å². The van der Waals surface area contributed by atoms with Crippen molar-refractivity contribution in [2.75, 3.05) is 33.7 Å². The monoisotopic (exact) mass is 425 g/mol. The predicted molar refractivity (Wildman–Crippen MR) is 118 cm³/mol. The highest BCUT2D eigenvalue weighted by atomic mass is 16.6. The minimum atomic E-state index is -0.808. The molecule has 2 amide bonds. The summed E-state index contributed by atoms with van der Waals surface area (Å²) in [4.78, 5) is 32.2. The van der Waals surface area contributed by atoms with Crippen LogP contribution in [0.15, 0.2) is 17.1 Å². The van der Waals surface area contributed by atoms with E-state index in [2.05, 4.69) is 22.2 Å². The molecule has 2 N–H and O–H groups in total. The molecular weight excluding hydrogens is 386 g/mol. The van der Waals surface area contributed by atoms with Gasteiger partial charge in [0.15, 0.2) is 5.96 Å². The van der Waals surface area contributed by atoms with Crippen LogP contribution in [0.4, 0.5) is 4.79 Å². The van der Waals surface area contributed by atoms with Crippen LogP contribution in [0.1, 0.15) is 48.5 Å². The van der Waals surface area contributed by atoms with Crippen molar-refractivity contribution in [3.05, 3.63) is 12.2 Å². The maximum atomic E-state index is 12.9. The van der Waals surface area contributed by atoms with Gasteiger partial charge >= 0.3 is 6.09 Å². The fourth-order valence-corrected chi connectivity index (χ4v) is 3.02. The number of carbonyl (C=O) groups is 2. The molecule has 30 heavy (non-hydrogen) atoms. The molecule has 2 atom stereocenters. The van der Waals surface area contributed by atoms with Gasteiger partial charge in [0.2, 0.25) is 5.91 Å². The molecule has 2 unspecified atom stereocenters. The molecular formula is C21H39N5O4. The lowest BCUT2D eigenvalue weighted by molar-refractivity contribution is -0.127. The molecule has 1 aliphatic heterocycles. The third-order valence-electron chi connectivity index (χ3n) is 4.43. The van der Waals surface area contributed by atoms with Crippen LogP contribution < -0.4 is 10.6 Å². The van der Waals surface area contributed by atoms with E-state index >= 15 is 0 Å². The fourth-order valence-electron chi connectivity index (χ4n) is 3.02. The zero-order valence-electron chi connectivity index (χ0n) is 20.0. The van der Waals surface area contributed by atoms with E-state index in [0.717, 1.165) is 5.57 Å². The van der Waals surface area contributed by atoms with Gasteiger partial charge in [0.25, 0.3) is 0 Å². The molecule has 0 radical (unpaired) electrons. The summed E-state index contributed by atoms with van der Waals surface area (Å²) in [5.74, 6) is 0.356. The van der Waals surface area contributed by atoms with E-state index in [0.29, 0.717) is 19.0 Å². The smallest absolute Gasteiger partial charge is 0.412 e. The average Bonchev–Trinajstić information content (AvgIpc) is 2.79. The van der Waals surface area contributed by atoms with Gasteiger partial charge in [-0.05, 0) is 48.5 Å². The molecule has 9 nitrogen and oxygen atoms in total. The number of amides is 2. The molecule has 1 fully saturated rings. The molecule has 172 valence electrons. The van der Waals surface area contributed by atoms with Gasteiger partial charge in [0.05, 0.1) is 12.1 Å². The van der Waals surface area contributed by atoms with Crippen molar-refractivity contribution >= 4 is 18.0 Å². The molecule has 1 heterocycles. The van der Waals surface area contributed by atoms with Crippen LogP contribution in [0.2, 0.25) is 0 Å². The summed E-state index contributed by atoms with van der Waals surface area (Å²) in [5, 5.41) is 6.37. The van der Waals surface area contributed by atoms with Gasteiger partial charge < -0.3 is 25.0 Å². The van der Waals surface area contributed by atoms with E-state index in [1.807, 2.05) is 48.5 Å². The minimum Gasteiger partial charge on any atom is -0.444 e. The molecule has 0 saturated carbocycles. The summed E-state index contributed by atoms with van der Waals surface area (Å²) < 4.78 is 11.6. The van der Waals surface area contributed by atoms with E-state index in [-0.39, 0.29) is 24.6 Å². The number of hydrogen-bond acceptors (Lipinski definition) is 5. The lowest BCUT2D eigenvalue weighted by atomic mass is 10.1. The predicted octanol–water partition coefficient (Wildman–Crippen LogP) is 1.95. The minimum absolute atomic E-state index is 0.0104. The van der Waals surface area contributed by atoms with Crippen molar-refractivity contribution in [1.82, 2.24) is 20.4 Å². The Morgan fingerprint density at radius 3 is 2.37 bits per heavy atom. The first-order chi connectivity index (χ1) is 13.6. The van der Waals surface area contributed by atoms with Gasteiger partial charge in [-0.25, -0.2) is 9.79 Å². The van der Waals surface area contributed by atoms with Gasteiger partial charge in [0.1, 0.15) is 17.9 Å². The summed E-state index contributed by atoms with van der Waals surface area (Å²) in [6, 6.07) is -0.281. The first-order valence-electron chi connectivity index (χ1n) is 10.2. The largest absolute Gasteiger partial charge is 0.444 e. The summed E-state index contributed by atoms with van der Waals surface area (Å²) in [5.41, 5.74) is -0.492. The van der Waals surface area contributed by atoms with Crippen molar-refractivity contribution in [3.63, 3.8) is 0 Å². The molecule has 0 aromatic rings. The Morgan fingerprint density at radius 1 is 1.27 bits per heavy atom. The van der Waals surface area contributed by atoms with E-state index in [9.17, 15) is 9.59 Å². The van der Waals surface area contributed by atoms with E-state index in [1.165, 1.54) is 4.90 Å². The maximum absolute atomic E-state index is 12.9. The molecule has 1 rings (SSSR count). The lowest BCUT2D eigenvalue weighted by Crippen LogP contribution is -2.54. The number of guanidine groups is 1. The molecule has 9 heteroatoms. The third-order valence-corrected chi connectivity index (χ3v) is 4.43. The first-order valence-corrected chi connectivity index (χ1v) is 10.2. The van der Waals surface area contributed by atoms with Crippen LogP contribution in [-0.4, -0.2) is 85.0 Å². The second kappa shape index (κ2) is 10.1. The summed E-state index contributed by atoms with van der Waals surface area (Å²) >= 11 is 0. The van der Waals surface area contributed by atoms with Crippen LogP contribution in [-0.2, 0) is 14.3 Å². The van der Waals surface area contributed by atoms with Crippen molar-refractivity contribution in [2.24, 2.45) is 4.99 Å². The summed E-state index contributed by atoms with van der Waals surface area (Å²) in [6.45, 7) is 17.8. The van der Waals surface area contributed by atoms with Crippen molar-refractivity contribution in [1.29, 1.82) is 0 Å². The number of ether oxygens (including phenoxy) is 2. The zero-order valence-corrected chi connectivity index (χ0v) is 20.0. The Hall–Kier alpha value is -2.29. The van der Waals surface area contributed by atoms with Crippen LogP contribution >= 0.6 is 0 Å². The quantitative estimate of drug-likeness (QED) is 0.384. The van der Waals surface area contributed by atoms with Gasteiger partial charge in [-0.1, -0.05) is 12.2 Å². The Kier molecular flexibility index (Phi) is 8.71. The number of nitrogens with zero attached hydrogens (tertiary/aromatic N) is 3. The highest BCUT2D eigenvalue weighted by Gasteiger charge is 2.49. The van der Waals surface area contributed by atoms with Gasteiger partial charge in [-0.3, -0.25) is 9.69 Å². The number of nitrogens with one attached hydrogen (secondary N) is 2.